The van der Waals surface area contributed by atoms with E-state index >= 15 is 0 Å². The van der Waals surface area contributed by atoms with Gasteiger partial charge in [-0.25, -0.2) is 14.2 Å². The highest BCUT2D eigenvalue weighted by Gasteiger charge is 2.59. The Balaban J connectivity index is 0.903. The molecule has 2 heterocycles. The molecule has 3 saturated carbocycles. The van der Waals surface area contributed by atoms with E-state index in [0.717, 1.165) is 35.2 Å². The second-order valence-corrected chi connectivity index (χ2v) is 24.8. The van der Waals surface area contributed by atoms with Crippen molar-refractivity contribution in [1.29, 1.82) is 0 Å². The van der Waals surface area contributed by atoms with Gasteiger partial charge in [0.05, 0.1) is 24.3 Å². The Labute approximate surface area is 449 Å². The smallest absolute Gasteiger partial charge is 0.481 e. The molecule has 426 valence electrons. The average Bonchev–Trinajstić information content (AvgIpc) is 4.03. The largest absolute Gasteiger partial charge is 0.524 e. The Morgan fingerprint density at radius 2 is 1.69 bits per heavy atom. The zero-order chi connectivity index (χ0) is 56.0. The third kappa shape index (κ3) is 14.8. The summed E-state index contributed by atoms with van der Waals surface area (Å²) in [5.74, 6) is -1.32. The summed E-state index contributed by atoms with van der Waals surface area (Å²) in [4.78, 5) is 110. The van der Waals surface area contributed by atoms with Gasteiger partial charge < -0.3 is 34.8 Å². The number of aliphatic hydroxyl groups is 1. The number of aliphatic carboxylic acids is 1. The molecule has 21 heteroatoms. The fraction of sp³-hybridized carbons (Fsp3) is 0.696. The van der Waals surface area contributed by atoms with Crippen LogP contribution in [0.2, 0.25) is 0 Å². The molecule has 1 saturated heterocycles. The number of phosphoric ester groups is 1. The maximum absolute atomic E-state index is 14.1. The molecule has 7 rings (SSSR count). The number of rotatable bonds is 25. The number of ether oxygens (including phenoxy) is 2. The van der Waals surface area contributed by atoms with Crippen LogP contribution in [0, 0.1) is 58.1 Å². The van der Waals surface area contributed by atoms with Gasteiger partial charge in [0.25, 0.3) is 5.56 Å². The van der Waals surface area contributed by atoms with Crippen LogP contribution in [0.1, 0.15) is 162 Å². The zero-order valence-corrected chi connectivity index (χ0v) is 46.0. The number of carbonyl (C=O) groups is 5. The number of nitrogens with zero attached hydrogens (tertiary/aromatic N) is 1. The number of amides is 2. The molecule has 5 aliphatic rings. The number of Topliss-reactive ketones (excluding diaryl/α,β-unsaturated/α-hetero) is 2. The summed E-state index contributed by atoms with van der Waals surface area (Å²) in [5.41, 5.74) is -0.0107. The molecular weight excluding hydrogens is 1020 g/mol. The van der Waals surface area contributed by atoms with Gasteiger partial charge in [-0.05, 0) is 128 Å². The van der Waals surface area contributed by atoms with Crippen LogP contribution in [0.4, 0.5) is 9.18 Å². The molecule has 4 aliphatic carbocycles. The minimum absolute atomic E-state index is 0.0140. The molecule has 1 aromatic heterocycles. The first-order valence-corrected chi connectivity index (χ1v) is 29.3. The molecular formula is C56H80FN4O15P. The number of phosphoric acid groups is 1. The number of alkyl carbamates (subject to hydrolysis) is 1. The summed E-state index contributed by atoms with van der Waals surface area (Å²) in [7, 11) is -4.85. The van der Waals surface area contributed by atoms with Crippen molar-refractivity contribution in [3.63, 3.8) is 0 Å². The number of ketones is 2. The van der Waals surface area contributed by atoms with Crippen LogP contribution in [-0.2, 0) is 39.6 Å². The van der Waals surface area contributed by atoms with Gasteiger partial charge in [-0.15, -0.1) is 0 Å². The minimum Gasteiger partial charge on any atom is -0.481 e. The number of halogens is 1. The predicted octanol–water partition coefficient (Wildman–Crippen LogP) is 7.84. The van der Waals surface area contributed by atoms with Crippen molar-refractivity contribution in [1.82, 2.24) is 20.2 Å². The summed E-state index contributed by atoms with van der Waals surface area (Å²) in [6.07, 6.45) is 9.25. The van der Waals surface area contributed by atoms with Gasteiger partial charge in [-0.1, -0.05) is 84.1 Å². The van der Waals surface area contributed by atoms with Crippen molar-refractivity contribution >= 4 is 37.4 Å². The topological polar surface area (TPSA) is 290 Å². The van der Waals surface area contributed by atoms with Crippen molar-refractivity contribution in [3.05, 3.63) is 74.3 Å². The summed E-state index contributed by atoms with van der Waals surface area (Å²) in [6.45, 7) is 12.2. The second-order valence-electron chi connectivity index (χ2n) is 23.7. The Kier molecular flexibility index (Phi) is 19.7. The number of aromatic amines is 1. The SMILES string of the molecule is CC(C)CCC[C@@H](C)C1CC[C@H]2[C@@H]3CC=C4CC(OC(=O)NC(Cc5ccc(OP(=O)(O)O)cc5)C(=O)C[C@H](CCCCNC(=O)CCC(=O)C5OC(n6cc(F)c(=O)[nH]c6=O)CC5O)C(=O)O)CC[C@]4(C)[C@H]3CC[C@]12C. The molecule has 4 fully saturated rings. The maximum atomic E-state index is 14.1. The van der Waals surface area contributed by atoms with E-state index in [4.69, 9.17) is 9.47 Å². The number of allylic oxidation sites excluding steroid dienone is 1. The lowest BCUT2D eigenvalue weighted by molar-refractivity contribution is -0.144. The van der Waals surface area contributed by atoms with Gasteiger partial charge in [0, 0.05) is 38.6 Å². The summed E-state index contributed by atoms with van der Waals surface area (Å²) in [5, 5.41) is 26.0. The maximum Gasteiger partial charge on any atom is 0.524 e. The Morgan fingerprint density at radius 3 is 2.39 bits per heavy atom. The highest BCUT2D eigenvalue weighted by Crippen LogP contribution is 2.67. The zero-order valence-electron chi connectivity index (χ0n) is 45.1. The van der Waals surface area contributed by atoms with Gasteiger partial charge in [0.2, 0.25) is 11.7 Å². The van der Waals surface area contributed by atoms with E-state index in [1.54, 1.807) is 4.98 Å². The van der Waals surface area contributed by atoms with Gasteiger partial charge in [-0.3, -0.25) is 43.3 Å². The number of hydrogen-bond donors (Lipinski definition) is 7. The third-order valence-corrected chi connectivity index (χ3v) is 18.6. The van der Waals surface area contributed by atoms with Crippen molar-refractivity contribution in [3.8, 4) is 5.75 Å². The molecule has 0 radical (unpaired) electrons. The van der Waals surface area contributed by atoms with Crippen LogP contribution < -0.4 is 26.4 Å². The fourth-order valence-electron chi connectivity index (χ4n) is 14.1. The molecule has 7 N–H and O–H groups in total. The van der Waals surface area contributed by atoms with E-state index in [9.17, 15) is 62.5 Å². The van der Waals surface area contributed by atoms with E-state index in [2.05, 4.69) is 55.9 Å². The van der Waals surface area contributed by atoms with Crippen LogP contribution in [0.3, 0.4) is 0 Å². The number of nitrogens with one attached hydrogen (secondary N) is 3. The lowest BCUT2D eigenvalue weighted by Crippen LogP contribution is -2.51. The number of carbonyl (C=O) groups excluding carboxylic acids is 4. The molecule has 19 nitrogen and oxygen atoms in total. The van der Waals surface area contributed by atoms with Crippen LogP contribution in [0.25, 0.3) is 0 Å². The van der Waals surface area contributed by atoms with E-state index in [-0.39, 0.29) is 56.2 Å². The van der Waals surface area contributed by atoms with Crippen LogP contribution in [-0.4, -0.2) is 90.0 Å². The van der Waals surface area contributed by atoms with Crippen molar-refractivity contribution in [2.45, 2.75) is 187 Å². The molecule has 13 atom stereocenters. The number of aromatic nitrogens is 2. The van der Waals surface area contributed by atoms with Gasteiger partial charge >= 0.3 is 25.6 Å². The quantitative estimate of drug-likeness (QED) is 0.0283. The average molecular weight is 1100 g/mol. The minimum atomic E-state index is -4.85. The number of carboxylic acid groups (broad SMARTS) is 1. The second kappa shape index (κ2) is 25.4. The number of aliphatic hydroxyl groups excluding tert-OH is 1. The van der Waals surface area contributed by atoms with Crippen molar-refractivity contribution < 1.29 is 66.9 Å². The molecule has 0 bridgehead atoms. The molecule has 1 aliphatic heterocycles. The number of fused-ring (bicyclic) bond motifs is 5. The number of H-pyrrole nitrogens is 1. The van der Waals surface area contributed by atoms with Crippen molar-refractivity contribution in [2.24, 2.45) is 52.3 Å². The lowest BCUT2D eigenvalue weighted by Gasteiger charge is -2.58. The number of benzene rings is 1. The lowest BCUT2D eigenvalue weighted by atomic mass is 9.47. The highest BCUT2D eigenvalue weighted by molar-refractivity contribution is 7.46. The third-order valence-electron chi connectivity index (χ3n) is 18.1. The van der Waals surface area contributed by atoms with Gasteiger partial charge in [-0.2, -0.15) is 4.39 Å². The Morgan fingerprint density at radius 1 is 0.948 bits per heavy atom. The van der Waals surface area contributed by atoms with Gasteiger partial charge in [0.15, 0.2) is 11.6 Å². The summed E-state index contributed by atoms with van der Waals surface area (Å²) in [6, 6.07) is 4.39. The highest BCUT2D eigenvalue weighted by atomic mass is 31.2. The van der Waals surface area contributed by atoms with Crippen LogP contribution in [0.5, 0.6) is 5.75 Å². The molecule has 2 amide bonds. The van der Waals surface area contributed by atoms with Gasteiger partial charge in [0.1, 0.15) is 24.2 Å². The van der Waals surface area contributed by atoms with Crippen LogP contribution in [0.15, 0.2) is 51.7 Å². The van der Waals surface area contributed by atoms with E-state index < -0.39 is 97.3 Å². The van der Waals surface area contributed by atoms with E-state index in [0.29, 0.717) is 54.2 Å². The Hall–Kier alpha value is -5.01. The number of carboxylic acids is 1. The monoisotopic (exact) mass is 1100 g/mol. The summed E-state index contributed by atoms with van der Waals surface area (Å²) < 4.78 is 42.2. The predicted molar refractivity (Wildman–Crippen MR) is 281 cm³/mol. The van der Waals surface area contributed by atoms with Crippen molar-refractivity contribution in [2.75, 3.05) is 6.54 Å². The molecule has 6 unspecified atom stereocenters. The molecule has 2 aromatic rings. The first-order valence-electron chi connectivity index (χ1n) is 27.7. The first kappa shape index (κ1) is 59.6. The molecule has 0 spiro atoms. The number of hydrogen-bond acceptors (Lipinski definition) is 12. The fourth-order valence-corrected chi connectivity index (χ4v) is 14.5. The molecule has 1 aromatic carbocycles. The normalized spacial score (nSPS) is 29.0. The Bertz CT molecular complexity index is 2650. The summed E-state index contributed by atoms with van der Waals surface area (Å²) >= 11 is 0. The van der Waals surface area contributed by atoms with E-state index in [1.807, 2.05) is 0 Å². The molecule has 77 heavy (non-hydrogen) atoms. The standard InChI is InChI=1S/C56H80FN4O15P/c1-32(2)9-8-10-33(3)40-18-19-41-39-17-14-36-29-38(22-24-55(36,4)42(39)23-25-56(40,41)5)74-54(70)59-44(27-34-12-15-37(16-13-34)76-77(71,72)73)46(63)28-35(52(67)68)11-6-7-26-58-48(65)21-20-45(62)50-47(64)30-49(75-50)61-31-43(57)51(66)60-53(61)69/h12-16,31-33,35,38-42,44,47,49-50,64H,6-11,17-30H2,1-5H3,(H,58,65)(H,59,70)(H,67,68)(H,60,66,69)(H2,71,72,73)/t33-,35+,38?,39+,40?,41+,42+,44?,47?,49?,50?,55+,56-/m1/s1. The van der Waals surface area contributed by atoms with Crippen LogP contribution >= 0.6 is 7.82 Å². The number of unbranched alkanes of at least 4 members (excludes halogenated alkanes) is 1. The first-order chi connectivity index (χ1) is 36.3. The van der Waals surface area contributed by atoms with E-state index in [1.165, 1.54) is 74.8 Å².